The number of para-hydroxylation sites is 1. The van der Waals surface area contributed by atoms with Gasteiger partial charge in [0.05, 0.1) is 17.6 Å². The molecule has 0 atom stereocenters. The lowest BCUT2D eigenvalue weighted by Gasteiger charge is -1.98. The van der Waals surface area contributed by atoms with Crippen molar-refractivity contribution in [3.8, 4) is 16.9 Å². The van der Waals surface area contributed by atoms with Crippen LogP contribution in [-0.2, 0) is 0 Å². The number of hydrogen-bond donors (Lipinski definition) is 0. The summed E-state index contributed by atoms with van der Waals surface area (Å²) in [5.41, 5.74) is 5.53. The molecule has 0 aliphatic rings. The number of thiazole rings is 1. The molecule has 2 aromatic carbocycles. The Kier molecular flexibility index (Phi) is 4.27. The highest BCUT2D eigenvalue weighted by Gasteiger charge is 2.03. The van der Waals surface area contributed by atoms with Crippen LogP contribution in [0, 0.1) is 6.92 Å². The Morgan fingerprint density at radius 3 is 2.56 bits per heavy atom. The molecule has 0 unspecified atom stereocenters. The Morgan fingerprint density at radius 2 is 1.76 bits per heavy atom. The van der Waals surface area contributed by atoms with Gasteiger partial charge in [-0.15, -0.1) is 11.3 Å². The van der Waals surface area contributed by atoms with Crippen LogP contribution in [0.3, 0.4) is 0 Å². The number of aryl methyl sites for hydroxylation is 1. The minimum Gasteiger partial charge on any atom is -0.240 e. The molecule has 0 spiro atoms. The third kappa shape index (κ3) is 3.59. The summed E-state index contributed by atoms with van der Waals surface area (Å²) in [5.74, 6) is 0. The largest absolute Gasteiger partial charge is 0.240 e. The molecule has 2 heterocycles. The zero-order valence-corrected chi connectivity index (χ0v) is 14.6. The van der Waals surface area contributed by atoms with E-state index in [4.69, 9.17) is 4.98 Å². The second-order valence-corrected chi connectivity index (χ2v) is 6.71. The lowest BCUT2D eigenvalue weighted by Crippen LogP contribution is -1.92. The van der Waals surface area contributed by atoms with E-state index in [9.17, 15) is 0 Å². The fourth-order valence-electron chi connectivity index (χ4n) is 2.53. The van der Waals surface area contributed by atoms with E-state index in [1.807, 2.05) is 59.6 Å². The average Bonchev–Trinajstić information content (AvgIpc) is 3.31. The van der Waals surface area contributed by atoms with E-state index in [1.54, 1.807) is 11.3 Å². The lowest BCUT2D eigenvalue weighted by atomic mass is 10.1. The molecule has 4 heteroatoms. The summed E-state index contributed by atoms with van der Waals surface area (Å²) in [6, 6.07) is 18.5. The van der Waals surface area contributed by atoms with E-state index in [-0.39, 0.29) is 0 Å². The molecular weight excluding hydrogens is 326 g/mol. The first kappa shape index (κ1) is 15.5. The predicted molar refractivity (Wildman–Crippen MR) is 105 cm³/mol. The van der Waals surface area contributed by atoms with Crippen LogP contribution in [-0.4, -0.2) is 14.8 Å². The Labute approximate surface area is 150 Å². The van der Waals surface area contributed by atoms with Gasteiger partial charge in [0.15, 0.2) is 0 Å². The van der Waals surface area contributed by atoms with Crippen molar-refractivity contribution in [1.29, 1.82) is 0 Å². The van der Waals surface area contributed by atoms with Crippen LogP contribution < -0.4 is 0 Å². The van der Waals surface area contributed by atoms with Crippen LogP contribution in [0.5, 0.6) is 0 Å². The van der Waals surface area contributed by atoms with E-state index in [0.717, 1.165) is 27.5 Å². The first-order valence-electron chi connectivity index (χ1n) is 8.09. The van der Waals surface area contributed by atoms with Gasteiger partial charge in [0, 0.05) is 22.7 Å². The predicted octanol–water partition coefficient (Wildman–Crippen LogP) is 5.47. The quantitative estimate of drug-likeness (QED) is 0.491. The molecule has 3 nitrogen and oxygen atoms in total. The van der Waals surface area contributed by atoms with Crippen molar-refractivity contribution in [2.24, 2.45) is 0 Å². The van der Waals surface area contributed by atoms with Gasteiger partial charge in [-0.05, 0) is 31.2 Å². The Balaban J connectivity index is 1.51. The van der Waals surface area contributed by atoms with Crippen molar-refractivity contribution in [2.75, 3.05) is 0 Å². The summed E-state index contributed by atoms with van der Waals surface area (Å²) >= 11 is 1.65. The molecule has 4 rings (SSSR count). The van der Waals surface area contributed by atoms with Crippen LogP contribution in [0.1, 0.15) is 16.1 Å². The van der Waals surface area contributed by atoms with Gasteiger partial charge in [0.25, 0.3) is 0 Å². The van der Waals surface area contributed by atoms with Crippen LogP contribution in [0.2, 0.25) is 0 Å². The Hall–Kier alpha value is -2.98. The van der Waals surface area contributed by atoms with Gasteiger partial charge in [-0.1, -0.05) is 48.0 Å². The minimum atomic E-state index is 0.989. The molecule has 0 fully saturated rings. The van der Waals surface area contributed by atoms with Gasteiger partial charge in [-0.2, -0.15) is 5.10 Å². The standard InChI is InChI=1S/C21H17N3S/c1-16-7-10-18(11-8-16)20-15-25-21(23-20)12-9-17-13-22-24(14-17)19-5-3-2-4-6-19/h2-15H,1H3/b12-9+. The molecule has 122 valence electrons. The maximum atomic E-state index is 4.69. The second-order valence-electron chi connectivity index (χ2n) is 5.82. The minimum absolute atomic E-state index is 0.989. The van der Waals surface area contributed by atoms with E-state index in [1.165, 1.54) is 5.56 Å². The average molecular weight is 343 g/mol. The molecule has 0 radical (unpaired) electrons. The summed E-state index contributed by atoms with van der Waals surface area (Å²) in [6.07, 6.45) is 7.96. The highest BCUT2D eigenvalue weighted by molar-refractivity contribution is 7.10. The highest BCUT2D eigenvalue weighted by atomic mass is 32.1. The van der Waals surface area contributed by atoms with Crippen LogP contribution in [0.25, 0.3) is 29.1 Å². The van der Waals surface area contributed by atoms with Crippen molar-refractivity contribution in [2.45, 2.75) is 6.92 Å². The molecule has 0 aliphatic carbocycles. The topological polar surface area (TPSA) is 30.7 Å². The third-order valence-electron chi connectivity index (χ3n) is 3.91. The normalized spacial score (nSPS) is 11.2. The Bertz CT molecular complexity index is 995. The summed E-state index contributed by atoms with van der Waals surface area (Å²) in [7, 11) is 0. The molecular formula is C21H17N3S. The molecule has 0 bridgehead atoms. The summed E-state index contributed by atoms with van der Waals surface area (Å²) < 4.78 is 1.87. The fraction of sp³-hybridized carbons (Fsp3) is 0.0476. The van der Waals surface area contributed by atoms with Crippen molar-refractivity contribution < 1.29 is 0 Å². The van der Waals surface area contributed by atoms with E-state index >= 15 is 0 Å². The van der Waals surface area contributed by atoms with E-state index in [2.05, 4.69) is 41.7 Å². The summed E-state index contributed by atoms with van der Waals surface area (Å²) in [4.78, 5) is 4.69. The van der Waals surface area contributed by atoms with Gasteiger partial charge in [0.2, 0.25) is 0 Å². The first-order chi connectivity index (χ1) is 12.3. The van der Waals surface area contributed by atoms with Crippen molar-refractivity contribution in [3.63, 3.8) is 0 Å². The van der Waals surface area contributed by atoms with Gasteiger partial charge in [-0.3, -0.25) is 0 Å². The lowest BCUT2D eigenvalue weighted by molar-refractivity contribution is 0.880. The zero-order valence-electron chi connectivity index (χ0n) is 13.8. The smallest absolute Gasteiger partial charge is 0.116 e. The maximum Gasteiger partial charge on any atom is 0.116 e. The molecule has 0 amide bonds. The monoisotopic (exact) mass is 343 g/mol. The van der Waals surface area contributed by atoms with Crippen molar-refractivity contribution >= 4 is 23.5 Å². The number of nitrogens with zero attached hydrogens (tertiary/aromatic N) is 3. The number of benzene rings is 2. The zero-order chi connectivity index (χ0) is 17.1. The first-order valence-corrected chi connectivity index (χ1v) is 8.97. The van der Waals surface area contributed by atoms with Crippen LogP contribution in [0.4, 0.5) is 0 Å². The van der Waals surface area contributed by atoms with Gasteiger partial charge in [0.1, 0.15) is 5.01 Å². The van der Waals surface area contributed by atoms with Crippen molar-refractivity contribution in [3.05, 3.63) is 88.5 Å². The molecule has 0 saturated heterocycles. The molecule has 2 aromatic heterocycles. The van der Waals surface area contributed by atoms with Gasteiger partial charge < -0.3 is 0 Å². The number of rotatable bonds is 4. The van der Waals surface area contributed by atoms with Gasteiger partial charge in [-0.25, -0.2) is 9.67 Å². The summed E-state index contributed by atoms with van der Waals surface area (Å²) in [5, 5.41) is 7.49. The van der Waals surface area contributed by atoms with Crippen molar-refractivity contribution in [1.82, 2.24) is 14.8 Å². The SMILES string of the molecule is Cc1ccc(-c2csc(/C=C/c3cnn(-c4ccccc4)c3)n2)cc1. The summed E-state index contributed by atoms with van der Waals surface area (Å²) in [6.45, 7) is 2.09. The molecule has 0 aliphatic heterocycles. The van der Waals surface area contributed by atoms with Gasteiger partial charge >= 0.3 is 0 Å². The third-order valence-corrected chi connectivity index (χ3v) is 4.72. The van der Waals surface area contributed by atoms with E-state index < -0.39 is 0 Å². The molecule has 4 aromatic rings. The maximum absolute atomic E-state index is 4.69. The fourth-order valence-corrected chi connectivity index (χ4v) is 3.25. The Morgan fingerprint density at radius 1 is 0.960 bits per heavy atom. The second kappa shape index (κ2) is 6.87. The number of aromatic nitrogens is 3. The highest BCUT2D eigenvalue weighted by Crippen LogP contribution is 2.23. The molecule has 0 N–H and O–H groups in total. The molecule has 0 saturated carbocycles. The van der Waals surface area contributed by atoms with Crippen LogP contribution in [0.15, 0.2) is 72.4 Å². The van der Waals surface area contributed by atoms with E-state index in [0.29, 0.717) is 0 Å². The molecule has 25 heavy (non-hydrogen) atoms. The number of hydrogen-bond acceptors (Lipinski definition) is 3. The van der Waals surface area contributed by atoms with Crippen LogP contribution >= 0.6 is 11.3 Å².